The predicted molar refractivity (Wildman–Crippen MR) is 71.4 cm³/mol. The van der Waals surface area contributed by atoms with Crippen LogP contribution in [-0.4, -0.2) is 19.7 Å². The maximum atomic E-state index is 11.6. The number of aromatic nitrogens is 4. The van der Waals surface area contributed by atoms with Gasteiger partial charge in [-0.05, 0) is 19.9 Å². The van der Waals surface area contributed by atoms with Crippen LogP contribution in [0.3, 0.4) is 0 Å². The first kappa shape index (κ1) is 12.7. The van der Waals surface area contributed by atoms with Crippen LogP contribution in [0.4, 0.5) is 5.82 Å². The lowest BCUT2D eigenvalue weighted by molar-refractivity contribution is 0.534. The van der Waals surface area contributed by atoms with Crippen LogP contribution in [0.2, 0.25) is 0 Å². The number of nitrogens with one attached hydrogen (secondary N) is 1. The highest BCUT2D eigenvalue weighted by Crippen LogP contribution is 2.23. The normalized spacial score (nSPS) is 11.1. The van der Waals surface area contributed by atoms with E-state index >= 15 is 0 Å². The fraction of sp³-hybridized carbons (Fsp3) is 0.364. The Hall–Kier alpha value is -1.76. The molecule has 2 aromatic rings. The number of H-pyrrole nitrogens is 1. The zero-order valence-corrected chi connectivity index (χ0v) is 11.1. The molecule has 0 unspecified atom stereocenters. The molecule has 2 aromatic heterocycles. The molecule has 0 aromatic carbocycles. The van der Waals surface area contributed by atoms with E-state index in [4.69, 9.17) is 5.73 Å². The number of hydrogen-bond acceptors (Lipinski definition) is 5. The Morgan fingerprint density at radius 1 is 1.56 bits per heavy atom. The number of hydrogen-bond donors (Lipinski definition) is 2. The summed E-state index contributed by atoms with van der Waals surface area (Å²) in [6.07, 6.45) is 1.65. The van der Waals surface area contributed by atoms with E-state index in [0.717, 1.165) is 5.56 Å². The summed E-state index contributed by atoms with van der Waals surface area (Å²) in [7, 11) is 0. The second-order valence-electron chi connectivity index (χ2n) is 4.11. The molecule has 0 fully saturated rings. The van der Waals surface area contributed by atoms with Gasteiger partial charge in [-0.1, -0.05) is 17.8 Å². The molecule has 6 nitrogen and oxygen atoms in total. The van der Waals surface area contributed by atoms with Crippen molar-refractivity contribution in [3.63, 3.8) is 0 Å². The molecule has 0 saturated carbocycles. The molecular weight excluding hydrogens is 250 g/mol. The molecule has 0 spiro atoms. The van der Waals surface area contributed by atoms with Crippen molar-refractivity contribution in [1.82, 2.24) is 19.7 Å². The summed E-state index contributed by atoms with van der Waals surface area (Å²) in [5, 5.41) is 7.13. The molecule has 0 aliphatic heterocycles. The van der Waals surface area contributed by atoms with E-state index in [-0.39, 0.29) is 11.7 Å². The van der Waals surface area contributed by atoms with Crippen LogP contribution in [0, 0.1) is 0 Å². The summed E-state index contributed by atoms with van der Waals surface area (Å²) in [6, 6.07) is 3.83. The van der Waals surface area contributed by atoms with Crippen molar-refractivity contribution in [2.75, 3.05) is 5.73 Å². The van der Waals surface area contributed by atoms with Crippen LogP contribution in [-0.2, 0) is 5.75 Å². The average Bonchev–Trinajstić information content (AvgIpc) is 2.69. The lowest BCUT2D eigenvalue weighted by Gasteiger charge is -2.08. The van der Waals surface area contributed by atoms with E-state index < -0.39 is 0 Å². The van der Waals surface area contributed by atoms with Crippen molar-refractivity contribution in [3.05, 3.63) is 34.4 Å². The van der Waals surface area contributed by atoms with E-state index in [2.05, 4.69) is 15.2 Å². The molecule has 0 aliphatic carbocycles. The number of anilines is 1. The predicted octanol–water partition coefficient (Wildman–Crippen LogP) is 1.42. The molecule has 3 N–H and O–H groups in total. The molecule has 0 atom stereocenters. The van der Waals surface area contributed by atoms with Gasteiger partial charge < -0.3 is 5.73 Å². The van der Waals surface area contributed by atoms with Crippen LogP contribution in [0.1, 0.15) is 25.5 Å². The lowest BCUT2D eigenvalue weighted by Crippen LogP contribution is -2.19. The Morgan fingerprint density at radius 2 is 2.33 bits per heavy atom. The molecule has 0 radical (unpaired) electrons. The fourth-order valence-corrected chi connectivity index (χ4v) is 2.63. The summed E-state index contributed by atoms with van der Waals surface area (Å²) < 4.78 is 1.62. The van der Waals surface area contributed by atoms with Crippen LogP contribution in [0.5, 0.6) is 0 Å². The topological polar surface area (TPSA) is 89.6 Å². The van der Waals surface area contributed by atoms with Gasteiger partial charge in [0, 0.05) is 23.6 Å². The first-order valence-corrected chi connectivity index (χ1v) is 6.57. The smallest absolute Gasteiger partial charge is 0.344 e. The second kappa shape index (κ2) is 5.26. The SMILES string of the molecule is CC(C)n1c(SCc2cccnc2N)n[nH]c1=O. The van der Waals surface area contributed by atoms with Crippen molar-refractivity contribution in [2.45, 2.75) is 30.8 Å². The first-order chi connectivity index (χ1) is 8.59. The number of pyridine rings is 1. The number of nitrogens with zero attached hydrogens (tertiary/aromatic N) is 3. The van der Waals surface area contributed by atoms with Gasteiger partial charge in [-0.2, -0.15) is 0 Å². The summed E-state index contributed by atoms with van der Waals surface area (Å²) in [5.41, 5.74) is 6.52. The average molecular weight is 265 g/mol. The molecule has 0 aliphatic rings. The minimum Gasteiger partial charge on any atom is -0.383 e. The quantitative estimate of drug-likeness (QED) is 0.816. The number of nitrogens with two attached hydrogens (primary N) is 1. The van der Waals surface area contributed by atoms with Gasteiger partial charge in [0.15, 0.2) is 5.16 Å². The molecule has 96 valence electrons. The van der Waals surface area contributed by atoms with Crippen LogP contribution >= 0.6 is 11.8 Å². The van der Waals surface area contributed by atoms with E-state index in [9.17, 15) is 4.79 Å². The number of thioether (sulfide) groups is 1. The minimum absolute atomic E-state index is 0.0741. The third kappa shape index (κ3) is 2.56. The molecule has 2 rings (SSSR count). The Labute approximate surface area is 109 Å². The van der Waals surface area contributed by atoms with E-state index in [1.54, 1.807) is 10.8 Å². The second-order valence-corrected chi connectivity index (χ2v) is 5.05. The summed E-state index contributed by atoms with van der Waals surface area (Å²) in [4.78, 5) is 15.6. The zero-order chi connectivity index (χ0) is 13.1. The van der Waals surface area contributed by atoms with Crippen molar-refractivity contribution >= 4 is 17.6 Å². The zero-order valence-electron chi connectivity index (χ0n) is 10.3. The van der Waals surface area contributed by atoms with Crippen LogP contribution in [0.25, 0.3) is 0 Å². The van der Waals surface area contributed by atoms with Gasteiger partial charge in [0.2, 0.25) is 0 Å². The van der Waals surface area contributed by atoms with Gasteiger partial charge in [-0.3, -0.25) is 4.57 Å². The molecule has 18 heavy (non-hydrogen) atoms. The Kier molecular flexibility index (Phi) is 3.71. The highest BCUT2D eigenvalue weighted by Gasteiger charge is 2.12. The number of nitrogen functional groups attached to an aromatic ring is 1. The van der Waals surface area contributed by atoms with Gasteiger partial charge in [-0.15, -0.1) is 5.10 Å². The third-order valence-electron chi connectivity index (χ3n) is 2.47. The van der Waals surface area contributed by atoms with Crippen molar-refractivity contribution in [3.8, 4) is 0 Å². The van der Waals surface area contributed by atoms with Crippen molar-refractivity contribution in [1.29, 1.82) is 0 Å². The highest BCUT2D eigenvalue weighted by molar-refractivity contribution is 7.98. The Morgan fingerprint density at radius 3 is 3.00 bits per heavy atom. The monoisotopic (exact) mass is 265 g/mol. The number of rotatable bonds is 4. The molecule has 0 saturated heterocycles. The van der Waals surface area contributed by atoms with Gasteiger partial charge >= 0.3 is 5.69 Å². The Balaban J connectivity index is 2.16. The summed E-state index contributed by atoms with van der Waals surface area (Å²) >= 11 is 1.46. The standard InChI is InChI=1S/C11H15N5OS/c1-7(2)16-10(17)14-15-11(16)18-6-8-4-3-5-13-9(8)12/h3-5,7H,6H2,1-2H3,(H2,12,13)(H,14,17). The molecule has 0 bridgehead atoms. The van der Waals surface area contributed by atoms with E-state index in [1.807, 2.05) is 26.0 Å². The van der Waals surface area contributed by atoms with Crippen LogP contribution in [0.15, 0.2) is 28.3 Å². The summed E-state index contributed by atoms with van der Waals surface area (Å²) in [6.45, 7) is 3.89. The first-order valence-electron chi connectivity index (χ1n) is 5.58. The van der Waals surface area contributed by atoms with Crippen LogP contribution < -0.4 is 11.4 Å². The minimum atomic E-state index is -0.188. The van der Waals surface area contributed by atoms with Crippen molar-refractivity contribution < 1.29 is 0 Å². The molecule has 7 heteroatoms. The number of aromatic amines is 1. The molecule has 2 heterocycles. The maximum Gasteiger partial charge on any atom is 0.344 e. The van der Waals surface area contributed by atoms with Gasteiger partial charge in [0.25, 0.3) is 0 Å². The molecular formula is C11H15N5OS. The fourth-order valence-electron chi connectivity index (χ4n) is 1.56. The van der Waals surface area contributed by atoms with Gasteiger partial charge in [0.05, 0.1) is 0 Å². The largest absolute Gasteiger partial charge is 0.383 e. The van der Waals surface area contributed by atoms with E-state index in [0.29, 0.717) is 16.7 Å². The third-order valence-corrected chi connectivity index (χ3v) is 3.47. The molecule has 0 amide bonds. The maximum absolute atomic E-state index is 11.6. The lowest BCUT2D eigenvalue weighted by atomic mass is 10.3. The van der Waals surface area contributed by atoms with E-state index in [1.165, 1.54) is 11.8 Å². The summed E-state index contributed by atoms with van der Waals surface area (Å²) in [5.74, 6) is 1.15. The van der Waals surface area contributed by atoms with Gasteiger partial charge in [0.1, 0.15) is 5.82 Å². The van der Waals surface area contributed by atoms with Crippen molar-refractivity contribution in [2.24, 2.45) is 0 Å². The highest BCUT2D eigenvalue weighted by atomic mass is 32.2. The Bertz CT molecular complexity index is 589. The van der Waals surface area contributed by atoms with Gasteiger partial charge in [-0.25, -0.2) is 14.9 Å².